The van der Waals surface area contributed by atoms with Crippen LogP contribution in [0.3, 0.4) is 0 Å². The van der Waals surface area contributed by atoms with Gasteiger partial charge < -0.3 is 9.47 Å². The molecule has 1 amide bonds. The highest BCUT2D eigenvalue weighted by Gasteiger charge is 2.21. The predicted octanol–water partition coefficient (Wildman–Crippen LogP) is 6.07. The lowest BCUT2D eigenvalue weighted by atomic mass is 10.1. The van der Waals surface area contributed by atoms with Crippen molar-refractivity contribution in [3.63, 3.8) is 0 Å². The van der Waals surface area contributed by atoms with Crippen molar-refractivity contribution in [1.29, 1.82) is 0 Å². The van der Waals surface area contributed by atoms with E-state index in [1.807, 2.05) is 65.2 Å². The molecule has 0 spiro atoms. The van der Waals surface area contributed by atoms with Crippen molar-refractivity contribution < 1.29 is 4.79 Å². The summed E-state index contributed by atoms with van der Waals surface area (Å²) in [5.41, 5.74) is 4.06. The summed E-state index contributed by atoms with van der Waals surface area (Å²) < 4.78 is 1.94. The molecule has 38 heavy (non-hydrogen) atoms. The molecule has 3 aromatic carbocycles. The second kappa shape index (κ2) is 11.5. The minimum Gasteiger partial charge on any atom is -0.325 e. The minimum atomic E-state index is -0.223. The molecular formula is C29H24Cl2N6O. The van der Waals surface area contributed by atoms with Gasteiger partial charge in [0.25, 0.3) is 5.91 Å². The van der Waals surface area contributed by atoms with Gasteiger partial charge in [0.1, 0.15) is 12.0 Å². The predicted molar refractivity (Wildman–Crippen MR) is 151 cm³/mol. The highest BCUT2D eigenvalue weighted by atomic mass is 35.5. The molecule has 190 valence electrons. The van der Waals surface area contributed by atoms with Crippen LogP contribution in [-0.2, 0) is 19.6 Å². The lowest BCUT2D eigenvalue weighted by Gasteiger charge is -2.23. The molecule has 0 bridgehead atoms. The van der Waals surface area contributed by atoms with Crippen LogP contribution in [0, 0.1) is 0 Å². The molecule has 0 fully saturated rings. The number of hydrogen-bond donors (Lipinski definition) is 0. The molecule has 0 radical (unpaired) electrons. The maximum atomic E-state index is 13.8. The van der Waals surface area contributed by atoms with Gasteiger partial charge in [-0.05, 0) is 41.0 Å². The Morgan fingerprint density at radius 2 is 1.74 bits per heavy atom. The number of nitrogens with zero attached hydrogens (tertiary/aromatic N) is 6. The molecule has 9 heteroatoms. The Bertz CT molecular complexity index is 1610. The zero-order valence-corrected chi connectivity index (χ0v) is 22.1. The first-order chi connectivity index (χ1) is 18.5. The van der Waals surface area contributed by atoms with Gasteiger partial charge in [-0.3, -0.25) is 9.79 Å². The number of amides is 1. The monoisotopic (exact) mass is 542 g/mol. The van der Waals surface area contributed by atoms with Gasteiger partial charge in [0, 0.05) is 25.2 Å². The molecule has 0 unspecified atom stereocenters. The first-order valence-corrected chi connectivity index (χ1v) is 12.7. The number of carbonyl (C=O) groups is 1. The quantitative estimate of drug-likeness (QED) is 0.223. The Balaban J connectivity index is 1.44. The van der Waals surface area contributed by atoms with Gasteiger partial charge in [-0.1, -0.05) is 77.8 Å². The van der Waals surface area contributed by atoms with Crippen LogP contribution in [0.4, 0.5) is 0 Å². The topological polar surface area (TPSA) is 76.3 Å². The van der Waals surface area contributed by atoms with E-state index in [4.69, 9.17) is 23.2 Å². The van der Waals surface area contributed by atoms with Gasteiger partial charge in [-0.15, -0.1) is 10.2 Å². The van der Waals surface area contributed by atoms with Crippen LogP contribution in [0.25, 0.3) is 10.9 Å². The molecule has 7 nitrogen and oxygen atoms in total. The van der Waals surface area contributed by atoms with Crippen LogP contribution in [0.15, 0.2) is 90.2 Å². The molecule has 0 aliphatic heterocycles. The summed E-state index contributed by atoms with van der Waals surface area (Å²) in [5, 5.41) is 10.3. The molecule has 5 rings (SSSR count). The van der Waals surface area contributed by atoms with Crippen molar-refractivity contribution in [3.05, 3.63) is 123 Å². The van der Waals surface area contributed by atoms with E-state index in [1.165, 1.54) is 0 Å². The smallest absolute Gasteiger partial charge is 0.273 e. The number of para-hydroxylation sites is 1. The number of carbonyl (C=O) groups excluding carboxylic acids is 1. The summed E-state index contributed by atoms with van der Waals surface area (Å²) in [4.78, 5) is 24.1. The van der Waals surface area contributed by atoms with Gasteiger partial charge in [-0.2, -0.15) is 0 Å². The van der Waals surface area contributed by atoms with E-state index in [0.717, 1.165) is 27.6 Å². The van der Waals surface area contributed by atoms with Crippen molar-refractivity contribution in [2.24, 2.45) is 4.99 Å². The minimum absolute atomic E-state index is 0.223. The van der Waals surface area contributed by atoms with Gasteiger partial charge >= 0.3 is 0 Å². The lowest BCUT2D eigenvalue weighted by Crippen LogP contribution is -2.32. The number of fused-ring (bicyclic) bond motifs is 1. The Kier molecular flexibility index (Phi) is 7.77. The number of aliphatic imine (C=N–C) groups is 1. The van der Waals surface area contributed by atoms with Crippen molar-refractivity contribution in [2.45, 2.75) is 19.6 Å². The summed E-state index contributed by atoms with van der Waals surface area (Å²) in [6, 6.07) is 24.8. The number of benzene rings is 3. The third-order valence-electron chi connectivity index (χ3n) is 6.10. The van der Waals surface area contributed by atoms with Gasteiger partial charge in [0.2, 0.25) is 0 Å². The molecule has 2 aromatic heterocycles. The summed E-state index contributed by atoms with van der Waals surface area (Å²) in [6.45, 7) is 1.09. The van der Waals surface area contributed by atoms with Crippen LogP contribution in [0.5, 0.6) is 0 Å². The van der Waals surface area contributed by atoms with Crippen LogP contribution in [0.2, 0.25) is 10.0 Å². The van der Waals surface area contributed by atoms with Crippen LogP contribution >= 0.6 is 23.2 Å². The first-order valence-electron chi connectivity index (χ1n) is 12.0. The van der Waals surface area contributed by atoms with Crippen molar-refractivity contribution in [2.75, 3.05) is 7.05 Å². The number of rotatable bonds is 8. The van der Waals surface area contributed by atoms with Gasteiger partial charge in [-0.25, -0.2) is 4.98 Å². The zero-order chi connectivity index (χ0) is 26.5. The van der Waals surface area contributed by atoms with E-state index in [9.17, 15) is 4.79 Å². The van der Waals surface area contributed by atoms with Gasteiger partial charge in [0.05, 0.1) is 28.7 Å². The molecule has 0 N–H and O–H groups in total. The average molecular weight is 543 g/mol. The SMILES string of the molecule is CN=Cc1ccc(Cn2cnnc2CN(Cc2ccc(Cl)c(Cl)c2)C(=O)c2ccc3ccccc3n2)cc1. The summed E-state index contributed by atoms with van der Waals surface area (Å²) in [7, 11) is 1.75. The van der Waals surface area contributed by atoms with Crippen LogP contribution < -0.4 is 0 Å². The van der Waals surface area contributed by atoms with E-state index in [-0.39, 0.29) is 12.5 Å². The maximum absolute atomic E-state index is 13.8. The van der Waals surface area contributed by atoms with E-state index in [1.54, 1.807) is 42.7 Å². The molecule has 0 aliphatic carbocycles. The van der Waals surface area contributed by atoms with Crippen molar-refractivity contribution in [3.8, 4) is 0 Å². The molecule has 0 atom stereocenters. The molecule has 2 heterocycles. The highest BCUT2D eigenvalue weighted by Crippen LogP contribution is 2.24. The summed E-state index contributed by atoms with van der Waals surface area (Å²) in [6.07, 6.45) is 3.48. The number of aromatic nitrogens is 4. The Morgan fingerprint density at radius 3 is 2.53 bits per heavy atom. The van der Waals surface area contributed by atoms with Crippen molar-refractivity contribution in [1.82, 2.24) is 24.6 Å². The normalized spacial score (nSPS) is 11.3. The number of pyridine rings is 1. The number of hydrogen-bond acceptors (Lipinski definition) is 5. The Morgan fingerprint density at radius 1 is 0.947 bits per heavy atom. The standard InChI is InChI=1S/C29H24Cl2N6O/c1-32-15-20-6-8-21(9-7-20)16-37-19-33-35-28(37)18-36(17-22-10-12-24(30)25(31)14-22)29(38)27-13-11-23-4-2-3-5-26(23)34-27/h2-15,19H,16-18H2,1H3. The largest absolute Gasteiger partial charge is 0.325 e. The maximum Gasteiger partial charge on any atom is 0.273 e. The fourth-order valence-electron chi connectivity index (χ4n) is 4.16. The fourth-order valence-corrected chi connectivity index (χ4v) is 4.48. The van der Waals surface area contributed by atoms with Crippen LogP contribution in [-0.4, -0.2) is 43.8 Å². The van der Waals surface area contributed by atoms with Crippen molar-refractivity contribution >= 4 is 46.2 Å². The Hall–Kier alpha value is -4.07. The summed E-state index contributed by atoms with van der Waals surface area (Å²) >= 11 is 12.4. The molecule has 5 aromatic rings. The summed E-state index contributed by atoms with van der Waals surface area (Å²) in [5.74, 6) is 0.429. The van der Waals surface area contributed by atoms with E-state index >= 15 is 0 Å². The first kappa shape index (κ1) is 25.6. The molecule has 0 saturated carbocycles. The van der Waals surface area contributed by atoms with Crippen LogP contribution in [0.1, 0.15) is 33.0 Å². The number of halogens is 2. The van der Waals surface area contributed by atoms with Gasteiger partial charge in [0.15, 0.2) is 5.82 Å². The third-order valence-corrected chi connectivity index (χ3v) is 6.84. The second-order valence-corrected chi connectivity index (χ2v) is 9.62. The van der Waals surface area contributed by atoms with E-state index in [2.05, 4.69) is 20.2 Å². The molecular weight excluding hydrogens is 519 g/mol. The molecule has 0 aliphatic rings. The zero-order valence-electron chi connectivity index (χ0n) is 20.6. The fraction of sp³-hybridized carbons (Fsp3) is 0.138. The van der Waals surface area contributed by atoms with E-state index < -0.39 is 0 Å². The highest BCUT2D eigenvalue weighted by molar-refractivity contribution is 6.42. The Labute approximate surface area is 230 Å². The third kappa shape index (κ3) is 5.90. The average Bonchev–Trinajstić information content (AvgIpc) is 3.37. The van der Waals surface area contributed by atoms with E-state index in [0.29, 0.717) is 34.7 Å². The molecule has 0 saturated heterocycles. The second-order valence-electron chi connectivity index (χ2n) is 8.80. The lowest BCUT2D eigenvalue weighted by molar-refractivity contribution is 0.0718.